The van der Waals surface area contributed by atoms with Crippen molar-refractivity contribution in [3.05, 3.63) is 58.5 Å². The van der Waals surface area contributed by atoms with Crippen molar-refractivity contribution in [1.82, 2.24) is 10.9 Å². The molecule has 0 aliphatic rings. The second-order valence-electron chi connectivity index (χ2n) is 5.05. The number of rotatable bonds is 5. The maximum Gasteiger partial charge on any atom is 0.276 e. The van der Waals surface area contributed by atoms with Crippen LogP contribution in [0.2, 0.25) is 5.02 Å². The van der Waals surface area contributed by atoms with E-state index in [4.69, 9.17) is 20.8 Å². The van der Waals surface area contributed by atoms with Crippen LogP contribution < -0.4 is 15.6 Å². The Hall–Kier alpha value is -2.73. The summed E-state index contributed by atoms with van der Waals surface area (Å²) in [5, 5.41) is 0.669. The summed E-state index contributed by atoms with van der Waals surface area (Å²) in [7, 11) is 0. The number of ether oxygens (including phenoxy) is 1. The molecule has 0 fully saturated rings. The molecular formula is C17H17ClN2O4. The fourth-order valence-corrected chi connectivity index (χ4v) is 2.00. The van der Waals surface area contributed by atoms with Gasteiger partial charge in [0.15, 0.2) is 6.61 Å². The summed E-state index contributed by atoms with van der Waals surface area (Å²) in [5.74, 6) is 0.0971. The Morgan fingerprint density at radius 1 is 1.25 bits per heavy atom. The second kappa shape index (κ2) is 8.21. The van der Waals surface area contributed by atoms with E-state index in [0.29, 0.717) is 16.5 Å². The molecule has 2 aromatic rings. The molecule has 0 radical (unpaired) electrons. The number of aryl methyl sites for hydroxylation is 2. The van der Waals surface area contributed by atoms with Gasteiger partial charge in [-0.1, -0.05) is 11.6 Å². The van der Waals surface area contributed by atoms with Crippen molar-refractivity contribution in [3.63, 3.8) is 0 Å². The highest BCUT2D eigenvalue weighted by molar-refractivity contribution is 6.32. The van der Waals surface area contributed by atoms with Gasteiger partial charge in [-0.05, 0) is 55.3 Å². The topological polar surface area (TPSA) is 80.6 Å². The first-order valence-corrected chi connectivity index (χ1v) is 7.53. The van der Waals surface area contributed by atoms with E-state index in [1.54, 1.807) is 24.3 Å². The van der Waals surface area contributed by atoms with Gasteiger partial charge in [-0.25, -0.2) is 0 Å². The molecule has 0 saturated heterocycles. The molecule has 126 valence electrons. The number of nitrogens with one attached hydrogen (secondary N) is 2. The summed E-state index contributed by atoms with van der Waals surface area (Å²) in [6.07, 6.45) is 4.22. The third kappa shape index (κ3) is 5.17. The van der Waals surface area contributed by atoms with Crippen molar-refractivity contribution >= 4 is 29.5 Å². The van der Waals surface area contributed by atoms with Crippen molar-refractivity contribution in [2.45, 2.75) is 13.8 Å². The molecule has 1 aromatic heterocycles. The molecule has 2 N–H and O–H groups in total. The minimum atomic E-state index is -0.488. The van der Waals surface area contributed by atoms with Gasteiger partial charge in [0.2, 0.25) is 0 Å². The number of halogens is 1. The van der Waals surface area contributed by atoms with E-state index in [0.717, 1.165) is 11.1 Å². The Balaban J connectivity index is 1.76. The van der Waals surface area contributed by atoms with E-state index in [1.165, 1.54) is 18.4 Å². The van der Waals surface area contributed by atoms with Crippen molar-refractivity contribution in [3.8, 4) is 5.75 Å². The molecule has 0 atom stereocenters. The Bertz CT molecular complexity index is 731. The lowest BCUT2D eigenvalue weighted by molar-refractivity contribution is -0.128. The van der Waals surface area contributed by atoms with Gasteiger partial charge in [-0.3, -0.25) is 20.4 Å². The number of furan rings is 1. The van der Waals surface area contributed by atoms with Crippen molar-refractivity contribution < 1.29 is 18.7 Å². The molecule has 0 aliphatic carbocycles. The van der Waals surface area contributed by atoms with Crippen LogP contribution in [0.4, 0.5) is 0 Å². The van der Waals surface area contributed by atoms with Crippen LogP contribution in [0, 0.1) is 13.8 Å². The quantitative estimate of drug-likeness (QED) is 0.643. The van der Waals surface area contributed by atoms with Crippen molar-refractivity contribution in [2.75, 3.05) is 6.61 Å². The normalized spacial score (nSPS) is 10.6. The molecule has 1 heterocycles. The summed E-state index contributed by atoms with van der Waals surface area (Å²) < 4.78 is 10.4. The standard InChI is InChI=1S/C17H17ClN2O4/c1-11-8-14(9-12(2)17(11)18)24-10-16(22)20-19-15(21)6-5-13-4-3-7-23-13/h3-9H,10H2,1-2H3,(H,19,21)(H,20,22)/b6-5+. The number of hydrogen-bond acceptors (Lipinski definition) is 4. The van der Waals surface area contributed by atoms with Crippen LogP contribution in [0.15, 0.2) is 41.0 Å². The summed E-state index contributed by atoms with van der Waals surface area (Å²) >= 11 is 6.07. The number of carbonyl (C=O) groups is 2. The molecule has 0 bridgehead atoms. The van der Waals surface area contributed by atoms with Crippen LogP contribution in [0.25, 0.3) is 6.08 Å². The summed E-state index contributed by atoms with van der Waals surface area (Å²) in [5.41, 5.74) is 6.23. The van der Waals surface area contributed by atoms with Gasteiger partial charge >= 0.3 is 0 Å². The molecule has 0 aliphatic heterocycles. The minimum absolute atomic E-state index is 0.233. The third-order valence-corrected chi connectivity index (χ3v) is 3.64. The van der Waals surface area contributed by atoms with Crippen LogP contribution in [-0.4, -0.2) is 18.4 Å². The summed E-state index contributed by atoms with van der Waals surface area (Å²) in [4.78, 5) is 23.2. The smallest absolute Gasteiger partial charge is 0.276 e. The average molecular weight is 349 g/mol. The predicted molar refractivity (Wildman–Crippen MR) is 90.4 cm³/mol. The zero-order valence-corrected chi connectivity index (χ0v) is 14.0. The van der Waals surface area contributed by atoms with Gasteiger partial charge in [-0.15, -0.1) is 0 Å². The zero-order valence-electron chi connectivity index (χ0n) is 13.3. The fraction of sp³-hybridized carbons (Fsp3) is 0.176. The van der Waals surface area contributed by atoms with E-state index in [-0.39, 0.29) is 6.61 Å². The largest absolute Gasteiger partial charge is 0.484 e. The van der Waals surface area contributed by atoms with Gasteiger partial charge < -0.3 is 9.15 Å². The lowest BCUT2D eigenvalue weighted by Crippen LogP contribution is -2.43. The van der Waals surface area contributed by atoms with E-state index in [2.05, 4.69) is 10.9 Å². The molecule has 2 amide bonds. The van der Waals surface area contributed by atoms with Crippen LogP contribution in [0.3, 0.4) is 0 Å². The van der Waals surface area contributed by atoms with Gasteiger partial charge in [-0.2, -0.15) is 0 Å². The number of benzene rings is 1. The Morgan fingerprint density at radius 3 is 2.58 bits per heavy atom. The van der Waals surface area contributed by atoms with Gasteiger partial charge in [0, 0.05) is 11.1 Å². The van der Waals surface area contributed by atoms with Crippen LogP contribution >= 0.6 is 11.6 Å². The highest BCUT2D eigenvalue weighted by atomic mass is 35.5. The first kappa shape index (κ1) is 17.6. The first-order chi connectivity index (χ1) is 11.5. The Kier molecular flexibility index (Phi) is 6.03. The van der Waals surface area contributed by atoms with E-state index in [9.17, 15) is 9.59 Å². The Morgan fingerprint density at radius 2 is 1.96 bits per heavy atom. The SMILES string of the molecule is Cc1cc(OCC(=O)NNC(=O)/C=C/c2ccco2)cc(C)c1Cl. The number of hydrazine groups is 1. The first-order valence-electron chi connectivity index (χ1n) is 7.15. The zero-order chi connectivity index (χ0) is 17.5. The molecule has 1 aromatic carbocycles. The van der Waals surface area contributed by atoms with E-state index < -0.39 is 11.8 Å². The van der Waals surface area contributed by atoms with Crippen molar-refractivity contribution in [1.29, 1.82) is 0 Å². The van der Waals surface area contributed by atoms with Crippen LogP contribution in [0.5, 0.6) is 5.75 Å². The van der Waals surface area contributed by atoms with Gasteiger partial charge in [0.05, 0.1) is 6.26 Å². The predicted octanol–water partition coefficient (Wildman–Crippen LogP) is 2.79. The molecule has 6 nitrogen and oxygen atoms in total. The van der Waals surface area contributed by atoms with Crippen LogP contribution in [0.1, 0.15) is 16.9 Å². The maximum atomic E-state index is 11.7. The summed E-state index contributed by atoms with van der Waals surface area (Å²) in [6.45, 7) is 3.48. The highest BCUT2D eigenvalue weighted by Gasteiger charge is 2.07. The number of carbonyl (C=O) groups excluding carboxylic acids is 2. The van der Waals surface area contributed by atoms with Gasteiger partial charge in [0.25, 0.3) is 11.8 Å². The number of hydrogen-bond donors (Lipinski definition) is 2. The van der Waals surface area contributed by atoms with E-state index in [1.807, 2.05) is 13.8 Å². The third-order valence-electron chi connectivity index (χ3n) is 3.05. The minimum Gasteiger partial charge on any atom is -0.484 e. The van der Waals surface area contributed by atoms with Crippen LogP contribution in [-0.2, 0) is 9.59 Å². The average Bonchev–Trinajstić information content (AvgIpc) is 3.07. The molecule has 2 rings (SSSR count). The molecule has 0 unspecified atom stereocenters. The monoisotopic (exact) mass is 348 g/mol. The van der Waals surface area contributed by atoms with E-state index >= 15 is 0 Å². The van der Waals surface area contributed by atoms with Crippen molar-refractivity contribution in [2.24, 2.45) is 0 Å². The van der Waals surface area contributed by atoms with Gasteiger partial charge in [0.1, 0.15) is 11.5 Å². The summed E-state index contributed by atoms with van der Waals surface area (Å²) in [6, 6.07) is 6.89. The highest BCUT2D eigenvalue weighted by Crippen LogP contribution is 2.25. The molecular weight excluding hydrogens is 332 g/mol. The molecule has 7 heteroatoms. The lowest BCUT2D eigenvalue weighted by atomic mass is 10.1. The second-order valence-corrected chi connectivity index (χ2v) is 5.42. The maximum absolute atomic E-state index is 11.7. The molecule has 24 heavy (non-hydrogen) atoms. The Labute approximate surface area is 144 Å². The number of amides is 2. The molecule has 0 spiro atoms. The fourth-order valence-electron chi connectivity index (χ4n) is 1.89. The lowest BCUT2D eigenvalue weighted by Gasteiger charge is -2.10. The molecule has 0 saturated carbocycles.